The summed E-state index contributed by atoms with van der Waals surface area (Å²) >= 11 is 0. The van der Waals surface area contributed by atoms with Crippen LogP contribution < -0.4 is 5.32 Å². The minimum atomic E-state index is -0.400. The lowest BCUT2D eigenvalue weighted by molar-refractivity contribution is -0.124. The Morgan fingerprint density at radius 1 is 1.04 bits per heavy atom. The van der Waals surface area contributed by atoms with Gasteiger partial charge in [0.1, 0.15) is 6.54 Å². The SMILES string of the molecule is Cc1ccc2c(c1)C(=O)N(CC(=O)NC1(c3ccccc3)CCC1)C2=O. The first-order valence-electron chi connectivity index (χ1n) is 8.84. The molecule has 5 heteroatoms. The van der Waals surface area contributed by atoms with Gasteiger partial charge in [-0.1, -0.05) is 42.0 Å². The highest BCUT2D eigenvalue weighted by molar-refractivity contribution is 6.22. The van der Waals surface area contributed by atoms with Crippen molar-refractivity contribution < 1.29 is 14.4 Å². The summed E-state index contributed by atoms with van der Waals surface area (Å²) in [6.07, 6.45) is 2.77. The van der Waals surface area contributed by atoms with Crippen LogP contribution in [0, 0.1) is 6.92 Å². The highest BCUT2D eigenvalue weighted by atomic mass is 16.2. The molecule has 0 aromatic heterocycles. The number of amides is 3. The smallest absolute Gasteiger partial charge is 0.262 e. The van der Waals surface area contributed by atoms with E-state index < -0.39 is 11.8 Å². The fourth-order valence-corrected chi connectivity index (χ4v) is 3.77. The van der Waals surface area contributed by atoms with Crippen LogP contribution >= 0.6 is 0 Å². The lowest BCUT2D eigenvalue weighted by Crippen LogP contribution is -2.53. The Balaban J connectivity index is 1.51. The Morgan fingerprint density at radius 2 is 1.73 bits per heavy atom. The number of aryl methyl sites for hydroxylation is 1. The van der Waals surface area contributed by atoms with Crippen molar-refractivity contribution in [3.05, 3.63) is 70.8 Å². The molecule has 2 aromatic rings. The summed E-state index contributed by atoms with van der Waals surface area (Å²) in [7, 11) is 0. The van der Waals surface area contributed by atoms with Crippen molar-refractivity contribution >= 4 is 17.7 Å². The summed E-state index contributed by atoms with van der Waals surface area (Å²) in [4.78, 5) is 38.7. The lowest BCUT2D eigenvalue weighted by atomic mass is 9.72. The lowest BCUT2D eigenvalue weighted by Gasteiger charge is -2.43. The number of hydrogen-bond donors (Lipinski definition) is 1. The monoisotopic (exact) mass is 348 g/mol. The van der Waals surface area contributed by atoms with Gasteiger partial charge in [-0.2, -0.15) is 0 Å². The average Bonchev–Trinajstić information content (AvgIpc) is 2.83. The fraction of sp³-hybridized carbons (Fsp3) is 0.286. The number of carbonyl (C=O) groups excluding carboxylic acids is 3. The molecule has 0 spiro atoms. The van der Waals surface area contributed by atoms with Crippen LogP contribution in [0.4, 0.5) is 0 Å². The van der Waals surface area contributed by atoms with Gasteiger partial charge in [0.2, 0.25) is 5.91 Å². The zero-order valence-corrected chi connectivity index (χ0v) is 14.6. The van der Waals surface area contributed by atoms with E-state index in [9.17, 15) is 14.4 Å². The third-order valence-corrected chi connectivity index (χ3v) is 5.34. The molecule has 1 fully saturated rings. The van der Waals surface area contributed by atoms with Crippen molar-refractivity contribution in [1.82, 2.24) is 10.2 Å². The highest BCUT2D eigenvalue weighted by Gasteiger charge is 2.42. The minimum Gasteiger partial charge on any atom is -0.345 e. The second-order valence-electron chi connectivity index (χ2n) is 7.10. The average molecular weight is 348 g/mol. The molecule has 2 aromatic carbocycles. The third-order valence-electron chi connectivity index (χ3n) is 5.34. The van der Waals surface area contributed by atoms with Crippen molar-refractivity contribution in [2.24, 2.45) is 0 Å². The topological polar surface area (TPSA) is 66.5 Å². The molecule has 0 saturated heterocycles. The highest BCUT2D eigenvalue weighted by Crippen LogP contribution is 2.41. The summed E-state index contributed by atoms with van der Waals surface area (Å²) in [5.41, 5.74) is 2.35. The van der Waals surface area contributed by atoms with Crippen molar-refractivity contribution in [3.63, 3.8) is 0 Å². The van der Waals surface area contributed by atoms with E-state index in [4.69, 9.17) is 0 Å². The van der Waals surface area contributed by atoms with Gasteiger partial charge in [0, 0.05) is 0 Å². The molecule has 1 aliphatic carbocycles. The molecular weight excluding hydrogens is 328 g/mol. The van der Waals surface area contributed by atoms with Gasteiger partial charge in [-0.3, -0.25) is 19.3 Å². The van der Waals surface area contributed by atoms with Crippen molar-refractivity contribution in [3.8, 4) is 0 Å². The fourth-order valence-electron chi connectivity index (χ4n) is 3.77. The number of nitrogens with zero attached hydrogens (tertiary/aromatic N) is 1. The van der Waals surface area contributed by atoms with Crippen LogP contribution in [0.25, 0.3) is 0 Å². The summed E-state index contributed by atoms with van der Waals surface area (Å²) < 4.78 is 0. The first-order valence-corrected chi connectivity index (χ1v) is 8.84. The second kappa shape index (κ2) is 6.09. The van der Waals surface area contributed by atoms with Gasteiger partial charge in [0.15, 0.2) is 0 Å². The number of fused-ring (bicyclic) bond motifs is 1. The van der Waals surface area contributed by atoms with Gasteiger partial charge in [-0.25, -0.2) is 0 Å². The Labute approximate surface area is 152 Å². The van der Waals surface area contributed by atoms with E-state index >= 15 is 0 Å². The number of benzene rings is 2. The number of imide groups is 1. The van der Waals surface area contributed by atoms with E-state index in [0.717, 1.165) is 35.3 Å². The molecule has 5 nitrogen and oxygen atoms in total. The molecule has 1 N–H and O–H groups in total. The zero-order chi connectivity index (χ0) is 18.3. The minimum absolute atomic E-state index is 0.250. The second-order valence-corrected chi connectivity index (χ2v) is 7.10. The Hall–Kier alpha value is -2.95. The van der Waals surface area contributed by atoms with Gasteiger partial charge < -0.3 is 5.32 Å². The molecule has 0 atom stereocenters. The first-order chi connectivity index (χ1) is 12.5. The number of hydrogen-bond acceptors (Lipinski definition) is 3. The van der Waals surface area contributed by atoms with Crippen LogP contribution in [0.15, 0.2) is 48.5 Å². The summed E-state index contributed by atoms with van der Waals surface area (Å²) in [5, 5.41) is 3.07. The van der Waals surface area contributed by atoms with E-state index in [1.54, 1.807) is 18.2 Å². The molecule has 4 rings (SSSR count). The molecule has 26 heavy (non-hydrogen) atoms. The van der Waals surface area contributed by atoms with Gasteiger partial charge in [0.25, 0.3) is 11.8 Å². The summed E-state index contributed by atoms with van der Waals surface area (Å²) in [6, 6.07) is 15.0. The molecule has 3 amide bonds. The molecule has 0 radical (unpaired) electrons. The Morgan fingerprint density at radius 3 is 2.38 bits per heavy atom. The molecule has 1 aliphatic heterocycles. The maximum absolute atomic E-state index is 12.6. The van der Waals surface area contributed by atoms with Crippen molar-refractivity contribution in [1.29, 1.82) is 0 Å². The molecule has 0 unspecified atom stereocenters. The van der Waals surface area contributed by atoms with E-state index in [2.05, 4.69) is 5.32 Å². The predicted molar refractivity (Wildman–Crippen MR) is 96.7 cm³/mol. The summed E-state index contributed by atoms with van der Waals surface area (Å²) in [6.45, 7) is 1.62. The summed E-state index contributed by atoms with van der Waals surface area (Å²) in [5.74, 6) is -1.10. The Bertz CT molecular complexity index is 901. The van der Waals surface area contributed by atoms with Crippen LogP contribution in [0.3, 0.4) is 0 Å². The zero-order valence-electron chi connectivity index (χ0n) is 14.6. The van der Waals surface area contributed by atoms with Gasteiger partial charge in [-0.15, -0.1) is 0 Å². The third kappa shape index (κ3) is 2.60. The van der Waals surface area contributed by atoms with Gasteiger partial charge in [0.05, 0.1) is 16.7 Å². The maximum atomic E-state index is 12.6. The number of rotatable bonds is 4. The van der Waals surface area contributed by atoms with Crippen LogP contribution in [0.5, 0.6) is 0 Å². The van der Waals surface area contributed by atoms with Gasteiger partial charge >= 0.3 is 0 Å². The molecule has 1 heterocycles. The van der Waals surface area contributed by atoms with Crippen LogP contribution in [0.2, 0.25) is 0 Å². The maximum Gasteiger partial charge on any atom is 0.262 e. The standard InChI is InChI=1S/C21H20N2O3/c1-14-8-9-16-17(12-14)20(26)23(19(16)25)13-18(24)22-21(10-5-11-21)15-6-3-2-4-7-15/h2-4,6-9,12H,5,10-11,13H2,1H3,(H,22,24). The molecule has 132 valence electrons. The van der Waals surface area contributed by atoms with Crippen molar-refractivity contribution in [2.75, 3.05) is 6.54 Å². The van der Waals surface area contributed by atoms with Crippen LogP contribution in [-0.4, -0.2) is 29.2 Å². The first kappa shape index (κ1) is 16.5. The van der Waals surface area contributed by atoms with E-state index in [0.29, 0.717) is 11.1 Å². The van der Waals surface area contributed by atoms with Gasteiger partial charge in [-0.05, 0) is 43.9 Å². The quantitative estimate of drug-likeness (QED) is 0.864. The Kier molecular flexibility index (Phi) is 3.87. The van der Waals surface area contributed by atoms with Crippen LogP contribution in [-0.2, 0) is 10.3 Å². The van der Waals surface area contributed by atoms with E-state index in [-0.39, 0.29) is 18.0 Å². The number of carbonyl (C=O) groups is 3. The van der Waals surface area contributed by atoms with E-state index in [1.165, 1.54) is 0 Å². The van der Waals surface area contributed by atoms with Crippen LogP contribution in [0.1, 0.15) is 51.1 Å². The van der Waals surface area contributed by atoms with Crippen molar-refractivity contribution in [2.45, 2.75) is 31.7 Å². The molecule has 2 aliphatic rings. The largest absolute Gasteiger partial charge is 0.345 e. The molecule has 1 saturated carbocycles. The molecule has 0 bridgehead atoms. The normalized spacial score (nSPS) is 17.7. The predicted octanol–water partition coefficient (Wildman–Crippen LogP) is 2.79. The molecular formula is C21H20N2O3. The van der Waals surface area contributed by atoms with E-state index in [1.807, 2.05) is 37.3 Å². The number of nitrogens with one attached hydrogen (secondary N) is 1.